The number of aliphatic carboxylic acids is 1. The number of unbranched alkanes of at least 4 members (excludes halogenated alkanes) is 1. The Morgan fingerprint density at radius 2 is 2.25 bits per heavy atom. The zero-order valence-electron chi connectivity index (χ0n) is 7.38. The average Bonchev–Trinajstić information content (AvgIpc) is 2.00. The molecule has 0 saturated carbocycles. The van der Waals surface area contributed by atoms with Crippen molar-refractivity contribution in [3.8, 4) is 0 Å². The number of rotatable bonds is 6. The molecule has 0 bridgehead atoms. The highest BCUT2D eigenvalue weighted by atomic mass is 16.4. The maximum absolute atomic E-state index is 10.2. The average molecular weight is 171 g/mol. The number of hydrogen-bond acceptors (Lipinski definition) is 3. The third-order valence-electron chi connectivity index (χ3n) is 1.66. The molecule has 0 aliphatic carbocycles. The molecule has 1 N–H and O–H groups in total. The summed E-state index contributed by atoms with van der Waals surface area (Å²) >= 11 is 0. The van der Waals surface area contributed by atoms with Crippen LogP contribution in [0.3, 0.4) is 0 Å². The summed E-state index contributed by atoms with van der Waals surface area (Å²) in [4.78, 5) is 10.2. The maximum atomic E-state index is 10.2. The quantitative estimate of drug-likeness (QED) is 0.582. The molecule has 0 radical (unpaired) electrons. The molecule has 0 aromatic heterocycles. The summed E-state index contributed by atoms with van der Waals surface area (Å²) in [6, 6.07) is 0. The Kier molecular flexibility index (Phi) is 5.37. The molecule has 0 saturated heterocycles. The first-order valence-corrected chi connectivity index (χ1v) is 4.15. The molecule has 0 amide bonds. The van der Waals surface area contributed by atoms with Crippen LogP contribution in [-0.2, 0) is 4.79 Å². The number of carbonyl (C=O) groups is 1. The highest BCUT2D eigenvalue weighted by Crippen LogP contribution is 2.08. The van der Waals surface area contributed by atoms with Crippen LogP contribution in [-0.4, -0.2) is 17.2 Å². The molecule has 12 heavy (non-hydrogen) atoms. The van der Waals surface area contributed by atoms with E-state index in [-0.39, 0.29) is 12.0 Å². The van der Waals surface area contributed by atoms with Gasteiger partial charge in [0, 0.05) is 0 Å². The van der Waals surface area contributed by atoms with Crippen LogP contribution in [0.2, 0.25) is 0 Å². The molecule has 0 fully saturated rings. The van der Waals surface area contributed by atoms with E-state index in [1.807, 2.05) is 6.92 Å². The molecule has 0 aliphatic heterocycles. The fourth-order valence-electron chi connectivity index (χ4n) is 0.910. The van der Waals surface area contributed by atoms with E-state index in [0.717, 1.165) is 12.8 Å². The van der Waals surface area contributed by atoms with Crippen LogP contribution in [0.25, 0.3) is 0 Å². The van der Waals surface area contributed by atoms with Gasteiger partial charge < -0.3 is 15.0 Å². The normalized spacial score (nSPS) is 12.5. The number of carbonyl (C=O) groups excluding carboxylic acids is 1. The second kappa shape index (κ2) is 5.77. The van der Waals surface area contributed by atoms with Crippen LogP contribution in [0.5, 0.6) is 0 Å². The van der Waals surface area contributed by atoms with Gasteiger partial charge in [0.1, 0.15) is 0 Å². The van der Waals surface area contributed by atoms with E-state index in [1.54, 1.807) is 0 Å². The monoisotopic (exact) mass is 171 g/mol. The Hall–Kier alpha value is -0.830. The van der Waals surface area contributed by atoms with Crippen molar-refractivity contribution in [2.24, 2.45) is 0 Å². The highest BCUT2D eigenvalue weighted by Gasteiger charge is 2.05. The molecule has 1 atom stereocenters. The molecule has 70 valence electrons. The summed E-state index contributed by atoms with van der Waals surface area (Å²) in [7, 11) is 0. The van der Waals surface area contributed by atoms with Crippen LogP contribution in [0.15, 0.2) is 12.2 Å². The van der Waals surface area contributed by atoms with Gasteiger partial charge >= 0.3 is 0 Å². The first kappa shape index (κ1) is 11.2. The van der Waals surface area contributed by atoms with Crippen molar-refractivity contribution in [3.05, 3.63) is 12.2 Å². The van der Waals surface area contributed by atoms with Crippen LogP contribution in [0, 0.1) is 0 Å². The van der Waals surface area contributed by atoms with E-state index in [1.165, 1.54) is 0 Å². The minimum atomic E-state index is -1.27. The Morgan fingerprint density at radius 1 is 1.67 bits per heavy atom. The van der Waals surface area contributed by atoms with Crippen molar-refractivity contribution in [1.82, 2.24) is 0 Å². The van der Waals surface area contributed by atoms with Crippen molar-refractivity contribution >= 4 is 5.97 Å². The topological polar surface area (TPSA) is 60.4 Å². The van der Waals surface area contributed by atoms with Crippen molar-refractivity contribution < 1.29 is 15.0 Å². The van der Waals surface area contributed by atoms with Crippen LogP contribution < -0.4 is 5.11 Å². The number of aliphatic hydroxyl groups is 1. The molecule has 0 rings (SSSR count). The Bertz CT molecular complexity index is 163. The van der Waals surface area contributed by atoms with Gasteiger partial charge in [0.15, 0.2) is 0 Å². The smallest absolute Gasteiger partial charge is 0.0669 e. The largest absolute Gasteiger partial charge is 0.545 e. The summed E-state index contributed by atoms with van der Waals surface area (Å²) in [6.07, 6.45) is 2.05. The molecule has 0 aromatic carbocycles. The van der Waals surface area contributed by atoms with Gasteiger partial charge in [-0.3, -0.25) is 0 Å². The molecule has 1 unspecified atom stereocenters. The highest BCUT2D eigenvalue weighted by molar-refractivity contribution is 5.83. The van der Waals surface area contributed by atoms with Crippen LogP contribution >= 0.6 is 0 Å². The van der Waals surface area contributed by atoms with E-state index >= 15 is 0 Å². The van der Waals surface area contributed by atoms with E-state index < -0.39 is 12.1 Å². The zero-order valence-corrected chi connectivity index (χ0v) is 7.38. The molecule has 0 aliphatic rings. The lowest BCUT2D eigenvalue weighted by atomic mass is 10.1. The summed E-state index contributed by atoms with van der Waals surface area (Å²) in [5.74, 6) is -1.27. The maximum Gasteiger partial charge on any atom is 0.0669 e. The van der Waals surface area contributed by atoms with Gasteiger partial charge in [-0.2, -0.15) is 0 Å². The first-order valence-electron chi connectivity index (χ1n) is 4.15. The fourth-order valence-corrected chi connectivity index (χ4v) is 0.910. The third-order valence-corrected chi connectivity index (χ3v) is 1.66. The number of aliphatic hydroxyl groups excluding tert-OH is 1. The predicted octanol–water partition coefficient (Wildman–Crippen LogP) is 0.234. The third kappa shape index (κ3) is 4.91. The Labute approximate surface area is 72.7 Å². The van der Waals surface area contributed by atoms with Gasteiger partial charge in [-0.25, -0.2) is 0 Å². The van der Waals surface area contributed by atoms with Gasteiger partial charge in [-0.1, -0.05) is 26.3 Å². The minimum absolute atomic E-state index is 0.0291. The molecule has 0 spiro atoms. The lowest BCUT2D eigenvalue weighted by Crippen LogP contribution is -2.26. The van der Waals surface area contributed by atoms with E-state index in [9.17, 15) is 15.0 Å². The number of hydrogen-bond donors (Lipinski definition) is 1. The van der Waals surface area contributed by atoms with Gasteiger partial charge in [-0.15, -0.1) is 0 Å². The Morgan fingerprint density at radius 3 is 2.67 bits per heavy atom. The van der Waals surface area contributed by atoms with E-state index in [4.69, 9.17) is 0 Å². The Balaban J connectivity index is 3.61. The van der Waals surface area contributed by atoms with E-state index in [0.29, 0.717) is 6.42 Å². The van der Waals surface area contributed by atoms with Crippen LogP contribution in [0.4, 0.5) is 0 Å². The first-order chi connectivity index (χ1) is 5.57. The predicted molar refractivity (Wildman–Crippen MR) is 44.3 cm³/mol. The van der Waals surface area contributed by atoms with Crippen molar-refractivity contribution in [2.75, 3.05) is 0 Å². The second-order valence-corrected chi connectivity index (χ2v) is 2.89. The molecule has 3 nitrogen and oxygen atoms in total. The van der Waals surface area contributed by atoms with Crippen molar-refractivity contribution in [2.45, 2.75) is 38.7 Å². The van der Waals surface area contributed by atoms with Gasteiger partial charge in [0.05, 0.1) is 12.1 Å². The summed E-state index contributed by atoms with van der Waals surface area (Å²) < 4.78 is 0. The molecule has 0 aromatic rings. The second-order valence-electron chi connectivity index (χ2n) is 2.89. The molecular formula is C9H15O3-. The summed E-state index contributed by atoms with van der Waals surface area (Å²) in [5.41, 5.74) is -0.0291. The van der Waals surface area contributed by atoms with E-state index in [2.05, 4.69) is 6.58 Å². The summed E-state index contributed by atoms with van der Waals surface area (Å²) in [5, 5.41) is 19.4. The number of carboxylic acids is 1. The van der Waals surface area contributed by atoms with Crippen molar-refractivity contribution in [1.29, 1.82) is 0 Å². The molecule has 0 heterocycles. The lowest BCUT2D eigenvalue weighted by molar-refractivity contribution is -0.299. The zero-order chi connectivity index (χ0) is 9.56. The van der Waals surface area contributed by atoms with Gasteiger partial charge in [-0.05, 0) is 18.4 Å². The number of carboxylic acid groups (broad SMARTS) is 1. The van der Waals surface area contributed by atoms with Crippen LogP contribution in [0.1, 0.15) is 32.6 Å². The minimum Gasteiger partial charge on any atom is -0.545 e. The van der Waals surface area contributed by atoms with Crippen molar-refractivity contribution in [3.63, 3.8) is 0 Å². The molecule has 3 heteroatoms. The standard InChI is InChI=1S/C9H16O3/c1-3-4-5-8(10)6-7(2)9(11)12/h8,10H,2-6H2,1H3,(H,11,12)/p-1. The summed E-state index contributed by atoms with van der Waals surface area (Å²) in [6.45, 7) is 5.29. The SMILES string of the molecule is C=C(CC(O)CCCC)C(=O)[O-]. The van der Waals surface area contributed by atoms with Gasteiger partial charge in [0.2, 0.25) is 0 Å². The fraction of sp³-hybridized carbons (Fsp3) is 0.667. The van der Waals surface area contributed by atoms with Gasteiger partial charge in [0.25, 0.3) is 0 Å². The molecular weight excluding hydrogens is 156 g/mol. The lowest BCUT2D eigenvalue weighted by Gasteiger charge is -2.12.